The van der Waals surface area contributed by atoms with E-state index in [1.54, 1.807) is 0 Å². The van der Waals surface area contributed by atoms with Crippen LogP contribution in [0.3, 0.4) is 0 Å². The molecule has 0 saturated carbocycles. The van der Waals surface area contributed by atoms with Gasteiger partial charge in [0, 0.05) is 11.4 Å². The van der Waals surface area contributed by atoms with Crippen LogP contribution in [-0.4, -0.2) is 33.5 Å². The molecule has 0 radical (unpaired) electrons. The third kappa shape index (κ3) is 7.32. The van der Waals surface area contributed by atoms with Crippen LogP contribution in [0.5, 0.6) is 0 Å². The van der Waals surface area contributed by atoms with Gasteiger partial charge in [-0.2, -0.15) is 0 Å². The Morgan fingerprint density at radius 2 is 1.26 bits per heavy atom. The Balaban J connectivity index is 1.43. The molecular weight excluding hydrogens is 509 g/mol. The summed E-state index contributed by atoms with van der Waals surface area (Å²) in [5, 5.41) is 13.0. The minimum Gasteiger partial charge on any atom is -0.325 e. The van der Waals surface area contributed by atoms with Crippen molar-refractivity contribution in [1.82, 2.24) is 10.2 Å². The highest BCUT2D eigenvalue weighted by Gasteiger charge is 2.12. The summed E-state index contributed by atoms with van der Waals surface area (Å²) < 4.78 is 27.4. The van der Waals surface area contributed by atoms with Crippen molar-refractivity contribution in [2.75, 3.05) is 22.1 Å². The van der Waals surface area contributed by atoms with E-state index in [9.17, 15) is 18.4 Å². The van der Waals surface area contributed by atoms with E-state index in [0.29, 0.717) is 20.1 Å². The summed E-state index contributed by atoms with van der Waals surface area (Å²) in [6, 6.07) is 7.80. The zero-order chi connectivity index (χ0) is 22.4. The van der Waals surface area contributed by atoms with Gasteiger partial charge in [0.05, 0.1) is 21.6 Å². The molecule has 162 valence electrons. The molecule has 0 aliphatic heterocycles. The van der Waals surface area contributed by atoms with Crippen molar-refractivity contribution >= 4 is 81.3 Å². The number of rotatable bonds is 8. The van der Waals surface area contributed by atoms with E-state index in [-0.39, 0.29) is 33.4 Å². The highest BCUT2D eigenvalue weighted by atomic mass is 35.5. The Kier molecular flexibility index (Phi) is 8.50. The summed E-state index contributed by atoms with van der Waals surface area (Å²) in [6.07, 6.45) is 0. The molecule has 0 unspecified atom stereocenters. The molecule has 0 aliphatic carbocycles. The monoisotopic (exact) mass is 520 g/mol. The maximum Gasteiger partial charge on any atom is 0.234 e. The van der Waals surface area contributed by atoms with Gasteiger partial charge in [-0.3, -0.25) is 9.59 Å². The molecule has 31 heavy (non-hydrogen) atoms. The predicted molar refractivity (Wildman–Crippen MR) is 121 cm³/mol. The molecule has 1 aromatic heterocycles. The molecular formula is C18H12Cl2F2N4O2S3. The maximum atomic E-state index is 13.2. The third-order valence-electron chi connectivity index (χ3n) is 3.45. The number of halogens is 4. The average Bonchev–Trinajstić information content (AvgIpc) is 3.18. The Hall–Kier alpha value is -1.92. The standard InChI is InChI=1S/C18H12Cl2F2N4O2S3/c19-11-5-9(1-3-13(11)21)23-15(27)7-29-17-25-26-18(31-17)30-8-16(28)24-10-2-4-14(22)12(20)6-10/h1-6H,7-8H2,(H,23,27)(H,24,28). The molecule has 0 saturated heterocycles. The van der Waals surface area contributed by atoms with Crippen molar-refractivity contribution in [2.45, 2.75) is 8.68 Å². The van der Waals surface area contributed by atoms with Gasteiger partial charge in [0.2, 0.25) is 11.8 Å². The minimum absolute atomic E-state index is 0.0696. The van der Waals surface area contributed by atoms with Crippen LogP contribution in [-0.2, 0) is 9.59 Å². The number of carbonyl (C=O) groups is 2. The summed E-state index contributed by atoms with van der Waals surface area (Å²) in [4.78, 5) is 24.0. The maximum absolute atomic E-state index is 13.2. The van der Waals surface area contributed by atoms with E-state index < -0.39 is 11.6 Å². The number of aromatic nitrogens is 2. The molecule has 2 aromatic carbocycles. The van der Waals surface area contributed by atoms with Gasteiger partial charge >= 0.3 is 0 Å². The van der Waals surface area contributed by atoms with E-state index in [4.69, 9.17) is 23.2 Å². The van der Waals surface area contributed by atoms with Crippen molar-refractivity contribution in [1.29, 1.82) is 0 Å². The molecule has 3 rings (SSSR count). The van der Waals surface area contributed by atoms with E-state index in [1.165, 1.54) is 71.3 Å². The van der Waals surface area contributed by atoms with Gasteiger partial charge in [0.15, 0.2) is 8.68 Å². The number of nitrogens with zero attached hydrogens (tertiary/aromatic N) is 2. The minimum atomic E-state index is -0.567. The molecule has 13 heteroatoms. The van der Waals surface area contributed by atoms with E-state index in [0.717, 1.165) is 0 Å². The lowest BCUT2D eigenvalue weighted by molar-refractivity contribution is -0.114. The van der Waals surface area contributed by atoms with Gasteiger partial charge in [0.1, 0.15) is 11.6 Å². The first-order chi connectivity index (χ1) is 14.8. The van der Waals surface area contributed by atoms with Gasteiger partial charge in [-0.05, 0) is 36.4 Å². The SMILES string of the molecule is O=C(CSc1nnc(SCC(=O)Nc2ccc(F)c(Cl)c2)s1)Nc1ccc(F)c(Cl)c1. The Morgan fingerprint density at radius 1 is 0.839 bits per heavy atom. The Labute approximate surface area is 198 Å². The predicted octanol–water partition coefficient (Wildman–Crippen LogP) is 5.58. The molecule has 0 atom stereocenters. The lowest BCUT2D eigenvalue weighted by Crippen LogP contribution is -2.14. The molecule has 3 aromatic rings. The van der Waals surface area contributed by atoms with Crippen molar-refractivity contribution in [3.63, 3.8) is 0 Å². The lowest BCUT2D eigenvalue weighted by Gasteiger charge is -2.05. The molecule has 0 bridgehead atoms. The number of nitrogens with one attached hydrogen (secondary N) is 2. The Bertz CT molecular complexity index is 1030. The van der Waals surface area contributed by atoms with Crippen LogP contribution < -0.4 is 10.6 Å². The smallest absolute Gasteiger partial charge is 0.234 e. The summed E-state index contributed by atoms with van der Waals surface area (Å²) in [5.74, 6) is -1.62. The van der Waals surface area contributed by atoms with E-state index in [2.05, 4.69) is 20.8 Å². The van der Waals surface area contributed by atoms with Crippen LogP contribution in [0.1, 0.15) is 0 Å². The van der Waals surface area contributed by atoms with Crippen LogP contribution in [0.25, 0.3) is 0 Å². The summed E-state index contributed by atoms with van der Waals surface area (Å²) >= 11 is 15.0. The van der Waals surface area contributed by atoms with Crippen LogP contribution in [0.15, 0.2) is 45.1 Å². The molecule has 0 aliphatic rings. The van der Waals surface area contributed by atoms with E-state index >= 15 is 0 Å². The molecule has 0 fully saturated rings. The summed E-state index contributed by atoms with van der Waals surface area (Å²) in [6.45, 7) is 0. The van der Waals surface area contributed by atoms with Gasteiger partial charge in [0.25, 0.3) is 0 Å². The number of benzene rings is 2. The van der Waals surface area contributed by atoms with Crippen LogP contribution in [0.4, 0.5) is 20.2 Å². The number of anilines is 2. The van der Waals surface area contributed by atoms with Gasteiger partial charge in [-0.15, -0.1) is 10.2 Å². The number of hydrogen-bond donors (Lipinski definition) is 2. The normalized spacial score (nSPS) is 10.7. The fourth-order valence-electron chi connectivity index (χ4n) is 2.11. The first-order valence-electron chi connectivity index (χ1n) is 8.39. The summed E-state index contributed by atoms with van der Waals surface area (Å²) in [7, 11) is 0. The van der Waals surface area contributed by atoms with Crippen molar-refractivity contribution in [2.24, 2.45) is 0 Å². The fraction of sp³-hybridized carbons (Fsp3) is 0.111. The average molecular weight is 521 g/mol. The van der Waals surface area contributed by atoms with Crippen LogP contribution >= 0.6 is 58.1 Å². The lowest BCUT2D eigenvalue weighted by atomic mass is 10.3. The molecule has 2 amide bonds. The van der Waals surface area contributed by atoms with E-state index in [1.807, 2.05) is 0 Å². The van der Waals surface area contributed by atoms with Gasteiger partial charge in [-0.1, -0.05) is 58.1 Å². The van der Waals surface area contributed by atoms with Gasteiger partial charge < -0.3 is 10.6 Å². The quantitative estimate of drug-likeness (QED) is 0.377. The van der Waals surface area contributed by atoms with Crippen LogP contribution in [0, 0.1) is 11.6 Å². The highest BCUT2D eigenvalue weighted by molar-refractivity contribution is 8.03. The largest absolute Gasteiger partial charge is 0.325 e. The molecule has 1 heterocycles. The highest BCUT2D eigenvalue weighted by Crippen LogP contribution is 2.29. The first kappa shape index (κ1) is 23.7. The zero-order valence-corrected chi connectivity index (χ0v) is 19.3. The van der Waals surface area contributed by atoms with Crippen molar-refractivity contribution in [3.05, 3.63) is 58.1 Å². The second-order valence-electron chi connectivity index (χ2n) is 5.77. The zero-order valence-electron chi connectivity index (χ0n) is 15.3. The Morgan fingerprint density at radius 3 is 1.65 bits per heavy atom. The fourth-order valence-corrected chi connectivity index (χ4v) is 5.09. The molecule has 0 spiro atoms. The first-order valence-corrected chi connectivity index (χ1v) is 11.9. The number of thioether (sulfide) groups is 2. The second kappa shape index (κ2) is 11.1. The molecule has 6 nitrogen and oxygen atoms in total. The third-order valence-corrected chi connectivity index (χ3v) is 7.22. The second-order valence-corrected chi connectivity index (χ2v) is 10.0. The molecule has 2 N–H and O–H groups in total. The van der Waals surface area contributed by atoms with Gasteiger partial charge in [-0.25, -0.2) is 8.78 Å². The van der Waals surface area contributed by atoms with Crippen molar-refractivity contribution < 1.29 is 18.4 Å². The number of carbonyl (C=O) groups excluding carboxylic acids is 2. The number of amides is 2. The topological polar surface area (TPSA) is 84.0 Å². The number of hydrogen-bond acceptors (Lipinski definition) is 7. The van der Waals surface area contributed by atoms with Crippen molar-refractivity contribution in [3.8, 4) is 0 Å². The summed E-state index contributed by atoms with van der Waals surface area (Å²) in [5.41, 5.74) is 0.776. The van der Waals surface area contributed by atoms with Crippen LogP contribution in [0.2, 0.25) is 10.0 Å².